The van der Waals surface area contributed by atoms with E-state index in [4.69, 9.17) is 11.6 Å². The molecule has 1 aliphatic carbocycles. The maximum atomic E-state index is 10.4. The van der Waals surface area contributed by atoms with Gasteiger partial charge in [0.1, 0.15) is 6.29 Å². The molecule has 1 fully saturated rings. The Hall–Kier alpha value is -1.12. The summed E-state index contributed by atoms with van der Waals surface area (Å²) in [5, 5.41) is 10.6. The summed E-state index contributed by atoms with van der Waals surface area (Å²) in [6.45, 7) is 2.18. The van der Waals surface area contributed by atoms with Crippen molar-refractivity contribution in [3.8, 4) is 0 Å². The van der Waals surface area contributed by atoms with Gasteiger partial charge in [-0.15, -0.1) is 11.6 Å². The van der Waals surface area contributed by atoms with Gasteiger partial charge in [0.2, 0.25) is 0 Å². The zero-order valence-corrected chi connectivity index (χ0v) is 17.4. The van der Waals surface area contributed by atoms with Crippen molar-refractivity contribution < 1.29 is 9.90 Å². The van der Waals surface area contributed by atoms with Crippen molar-refractivity contribution in [3.05, 3.63) is 47.5 Å². The maximum Gasteiger partial charge on any atom is 0.120 e. The number of carbonyl (C=O) groups excluding carboxylic acids is 1. The smallest absolute Gasteiger partial charge is 0.120 e. The summed E-state index contributed by atoms with van der Waals surface area (Å²) in [6.07, 6.45) is 15.1. The summed E-state index contributed by atoms with van der Waals surface area (Å²) in [5.74, 6) is 0.965. The normalized spacial score (nSPS) is 23.7. The third kappa shape index (κ3) is 7.08. The van der Waals surface area contributed by atoms with Crippen molar-refractivity contribution in [2.75, 3.05) is 0 Å². The minimum Gasteiger partial charge on any atom is -0.388 e. The average molecular weight is 391 g/mol. The summed E-state index contributed by atoms with van der Waals surface area (Å²) in [5.41, 5.74) is 2.38. The van der Waals surface area contributed by atoms with E-state index >= 15 is 0 Å². The van der Waals surface area contributed by atoms with Crippen LogP contribution in [0, 0.1) is 5.92 Å². The summed E-state index contributed by atoms with van der Waals surface area (Å²) >= 11 is 6.62. The van der Waals surface area contributed by atoms with E-state index in [2.05, 4.69) is 43.3 Å². The lowest BCUT2D eigenvalue weighted by Gasteiger charge is -2.21. The van der Waals surface area contributed by atoms with Gasteiger partial charge in [-0.2, -0.15) is 0 Å². The zero-order chi connectivity index (χ0) is 19.5. The zero-order valence-electron chi connectivity index (χ0n) is 16.7. The van der Waals surface area contributed by atoms with Crippen molar-refractivity contribution in [2.45, 2.75) is 88.5 Å². The van der Waals surface area contributed by atoms with Gasteiger partial charge in [0.05, 0.1) is 6.10 Å². The number of allylic oxidation sites excluding steroid dienone is 2. The third-order valence-electron chi connectivity index (χ3n) is 5.83. The third-order valence-corrected chi connectivity index (χ3v) is 6.37. The quantitative estimate of drug-likeness (QED) is 0.186. The number of alkyl halides is 1. The molecule has 0 amide bonds. The van der Waals surface area contributed by atoms with Crippen LogP contribution in [-0.4, -0.2) is 16.8 Å². The molecule has 1 aromatic rings. The average Bonchev–Trinajstić information content (AvgIpc) is 3.05. The van der Waals surface area contributed by atoms with Crippen LogP contribution in [0.1, 0.15) is 94.3 Å². The number of aldehydes is 1. The first-order valence-corrected chi connectivity index (χ1v) is 11.1. The number of hydrogen-bond donors (Lipinski definition) is 1. The molecule has 1 N–H and O–H groups in total. The second-order valence-electron chi connectivity index (χ2n) is 7.85. The first-order chi connectivity index (χ1) is 13.2. The van der Waals surface area contributed by atoms with Crippen LogP contribution < -0.4 is 0 Å². The number of aliphatic hydroxyl groups is 1. The number of aliphatic hydroxyl groups excluding tert-OH is 1. The van der Waals surface area contributed by atoms with Crippen molar-refractivity contribution >= 4 is 17.9 Å². The topological polar surface area (TPSA) is 37.3 Å². The van der Waals surface area contributed by atoms with E-state index in [1.165, 1.54) is 18.4 Å². The Morgan fingerprint density at radius 2 is 1.89 bits per heavy atom. The highest BCUT2D eigenvalue weighted by Gasteiger charge is 2.34. The van der Waals surface area contributed by atoms with E-state index in [-0.39, 0.29) is 11.5 Å². The molecule has 3 unspecified atom stereocenters. The van der Waals surface area contributed by atoms with Crippen molar-refractivity contribution in [3.63, 3.8) is 0 Å². The van der Waals surface area contributed by atoms with Gasteiger partial charge < -0.3 is 9.90 Å². The molecule has 4 atom stereocenters. The van der Waals surface area contributed by atoms with Crippen molar-refractivity contribution in [1.82, 2.24) is 0 Å². The van der Waals surface area contributed by atoms with Crippen LogP contribution in [0.3, 0.4) is 0 Å². The van der Waals surface area contributed by atoms with E-state index in [0.717, 1.165) is 56.8 Å². The highest BCUT2D eigenvalue weighted by atomic mass is 35.5. The fourth-order valence-electron chi connectivity index (χ4n) is 4.15. The molecule has 150 valence electrons. The molecule has 0 radical (unpaired) electrons. The van der Waals surface area contributed by atoms with Gasteiger partial charge in [-0.1, -0.05) is 62.6 Å². The largest absolute Gasteiger partial charge is 0.388 e. The number of benzene rings is 1. The van der Waals surface area contributed by atoms with Gasteiger partial charge in [0.15, 0.2) is 0 Å². The molecule has 0 spiro atoms. The summed E-state index contributed by atoms with van der Waals surface area (Å²) in [6, 6.07) is 8.58. The molecule has 0 aliphatic heterocycles. The van der Waals surface area contributed by atoms with Gasteiger partial charge in [0.25, 0.3) is 0 Å². The molecule has 3 heteroatoms. The van der Waals surface area contributed by atoms with Gasteiger partial charge in [-0.05, 0) is 61.5 Å². The van der Waals surface area contributed by atoms with E-state index in [1.807, 2.05) is 0 Å². The standard InChI is InChI=1S/C24H35ClO2/c1-2-3-7-11-24(27)20-14-12-19(13-15-20)21-16-17-23(25)22(21)10-8-5-4-6-9-18-26/h5,8,12-15,18,21-24,27H,2-4,6-7,9-11,16-17H2,1H3/b8-5-/t21?,22-,23?,24?/m1/s1. The second-order valence-corrected chi connectivity index (χ2v) is 8.41. The molecule has 2 rings (SSSR count). The summed E-state index contributed by atoms with van der Waals surface area (Å²) in [7, 11) is 0. The minimum absolute atomic E-state index is 0.230. The molecule has 1 aliphatic rings. The Morgan fingerprint density at radius 3 is 2.59 bits per heavy atom. The van der Waals surface area contributed by atoms with Gasteiger partial charge >= 0.3 is 0 Å². The lowest BCUT2D eigenvalue weighted by atomic mass is 9.85. The highest BCUT2D eigenvalue weighted by Crippen LogP contribution is 2.44. The molecule has 0 aromatic heterocycles. The molecule has 0 bridgehead atoms. The number of hydrogen-bond acceptors (Lipinski definition) is 2. The first kappa shape index (κ1) is 22.2. The van der Waals surface area contributed by atoms with Crippen molar-refractivity contribution in [1.29, 1.82) is 0 Å². The minimum atomic E-state index is -0.347. The first-order valence-electron chi connectivity index (χ1n) is 10.7. The lowest BCUT2D eigenvalue weighted by Crippen LogP contribution is -2.13. The van der Waals surface area contributed by atoms with Gasteiger partial charge in [0, 0.05) is 11.8 Å². The van der Waals surface area contributed by atoms with Gasteiger partial charge in [-0.3, -0.25) is 0 Å². The summed E-state index contributed by atoms with van der Waals surface area (Å²) in [4.78, 5) is 10.4. The van der Waals surface area contributed by atoms with Crippen LogP contribution in [0.15, 0.2) is 36.4 Å². The monoisotopic (exact) mass is 390 g/mol. The highest BCUT2D eigenvalue weighted by molar-refractivity contribution is 6.21. The second kappa shape index (κ2) is 12.4. The Morgan fingerprint density at radius 1 is 1.11 bits per heavy atom. The van der Waals surface area contributed by atoms with Crippen LogP contribution in [0.25, 0.3) is 0 Å². The molecule has 1 aromatic carbocycles. The number of carbonyl (C=O) groups is 1. The molecule has 0 saturated heterocycles. The Labute approximate surface area is 170 Å². The van der Waals surface area contributed by atoms with Crippen LogP contribution >= 0.6 is 11.6 Å². The fraction of sp³-hybridized carbons (Fsp3) is 0.625. The molecule has 27 heavy (non-hydrogen) atoms. The predicted octanol–water partition coefficient (Wildman–Crippen LogP) is 6.72. The van der Waals surface area contributed by atoms with Crippen LogP contribution in [0.5, 0.6) is 0 Å². The van der Waals surface area contributed by atoms with E-state index in [1.54, 1.807) is 0 Å². The van der Waals surface area contributed by atoms with E-state index in [0.29, 0.717) is 18.3 Å². The maximum absolute atomic E-state index is 10.4. The number of halogens is 1. The SMILES string of the molecule is CCCCCC(O)c1ccc(C2CCC(Cl)[C@@H]2C/C=C\CCCC=O)cc1. The van der Waals surface area contributed by atoms with Crippen LogP contribution in [-0.2, 0) is 4.79 Å². The Balaban J connectivity index is 1.91. The Bertz CT molecular complexity index is 566. The fourth-order valence-corrected chi connectivity index (χ4v) is 4.56. The molecule has 2 nitrogen and oxygen atoms in total. The summed E-state index contributed by atoms with van der Waals surface area (Å²) < 4.78 is 0. The van der Waals surface area contributed by atoms with Gasteiger partial charge in [-0.25, -0.2) is 0 Å². The molecular weight excluding hydrogens is 356 g/mol. The molecular formula is C24H35ClO2. The molecule has 0 heterocycles. The van der Waals surface area contributed by atoms with E-state index in [9.17, 15) is 9.90 Å². The van der Waals surface area contributed by atoms with E-state index < -0.39 is 0 Å². The van der Waals surface area contributed by atoms with Crippen LogP contribution in [0.2, 0.25) is 0 Å². The number of rotatable bonds is 12. The van der Waals surface area contributed by atoms with Crippen molar-refractivity contribution in [2.24, 2.45) is 5.92 Å². The number of unbranched alkanes of at least 4 members (excludes halogenated alkanes) is 4. The molecule has 1 saturated carbocycles. The predicted molar refractivity (Wildman–Crippen MR) is 114 cm³/mol. The van der Waals surface area contributed by atoms with Crippen LogP contribution in [0.4, 0.5) is 0 Å². The lowest BCUT2D eigenvalue weighted by molar-refractivity contribution is -0.107. The Kier molecular flexibility index (Phi) is 10.2.